The van der Waals surface area contributed by atoms with E-state index in [0.717, 1.165) is 19.3 Å². The first-order valence-corrected chi connectivity index (χ1v) is 6.12. The minimum atomic E-state index is -0.156. The molecule has 0 spiro atoms. The fourth-order valence-corrected chi connectivity index (χ4v) is 2.28. The van der Waals surface area contributed by atoms with Crippen molar-refractivity contribution in [2.75, 3.05) is 7.05 Å². The maximum absolute atomic E-state index is 11.9. The fraction of sp³-hybridized carbons (Fsp3) is 0.667. The van der Waals surface area contributed by atoms with Crippen molar-refractivity contribution in [1.29, 1.82) is 0 Å². The van der Waals surface area contributed by atoms with E-state index in [0.29, 0.717) is 0 Å². The van der Waals surface area contributed by atoms with Crippen molar-refractivity contribution in [2.24, 2.45) is 7.05 Å². The summed E-state index contributed by atoms with van der Waals surface area (Å²) in [5.74, 6) is 0.0502. The molecular formula is C12H20N4O. The molecule has 0 saturated carbocycles. The molecule has 17 heavy (non-hydrogen) atoms. The van der Waals surface area contributed by atoms with E-state index in [9.17, 15) is 4.79 Å². The van der Waals surface area contributed by atoms with E-state index >= 15 is 0 Å². The monoisotopic (exact) mass is 236 g/mol. The number of nitrogens with one attached hydrogen (secondary N) is 2. The highest BCUT2D eigenvalue weighted by Gasteiger charge is 2.25. The number of aryl methyl sites for hydroxylation is 1. The van der Waals surface area contributed by atoms with Crippen molar-refractivity contribution in [3.8, 4) is 0 Å². The zero-order valence-electron chi connectivity index (χ0n) is 10.7. The molecule has 1 aromatic heterocycles. The Morgan fingerprint density at radius 2 is 2.41 bits per heavy atom. The molecule has 1 amide bonds. The molecule has 1 aliphatic carbocycles. The largest absolute Gasteiger partial charge is 0.348 e. The van der Waals surface area contributed by atoms with Crippen LogP contribution in [0.5, 0.6) is 0 Å². The normalized spacial score (nSPS) is 20.8. The molecule has 2 rings (SSSR count). The average Bonchev–Trinajstić information content (AvgIpc) is 2.71. The highest BCUT2D eigenvalue weighted by Crippen LogP contribution is 2.28. The Balaban J connectivity index is 2.11. The topological polar surface area (TPSA) is 59.0 Å². The number of rotatable bonds is 3. The Kier molecular flexibility index (Phi) is 3.47. The van der Waals surface area contributed by atoms with Gasteiger partial charge in [0.15, 0.2) is 0 Å². The first-order chi connectivity index (χ1) is 8.13. The quantitative estimate of drug-likeness (QED) is 0.804. The van der Waals surface area contributed by atoms with Gasteiger partial charge in [0, 0.05) is 18.3 Å². The Bertz CT molecular complexity index is 413. The number of carbonyl (C=O) groups excluding carboxylic acids is 1. The SMILES string of the molecule is CNC(C)C(=O)NC1CCCc2c1cnn2C. The van der Waals surface area contributed by atoms with Gasteiger partial charge in [-0.3, -0.25) is 9.48 Å². The third-order valence-corrected chi connectivity index (χ3v) is 3.52. The highest BCUT2D eigenvalue weighted by molar-refractivity contribution is 5.81. The number of fused-ring (bicyclic) bond motifs is 1. The smallest absolute Gasteiger partial charge is 0.237 e. The first kappa shape index (κ1) is 12.1. The minimum absolute atomic E-state index is 0.0502. The van der Waals surface area contributed by atoms with Crippen molar-refractivity contribution < 1.29 is 4.79 Å². The summed E-state index contributed by atoms with van der Waals surface area (Å²) in [6.07, 6.45) is 5.04. The maximum Gasteiger partial charge on any atom is 0.237 e. The molecule has 1 aliphatic rings. The van der Waals surface area contributed by atoms with Crippen LogP contribution in [0, 0.1) is 0 Å². The molecule has 5 nitrogen and oxygen atoms in total. The van der Waals surface area contributed by atoms with Crippen LogP contribution in [-0.2, 0) is 18.3 Å². The van der Waals surface area contributed by atoms with E-state index < -0.39 is 0 Å². The van der Waals surface area contributed by atoms with Crippen LogP contribution >= 0.6 is 0 Å². The van der Waals surface area contributed by atoms with Crippen molar-refractivity contribution in [2.45, 2.75) is 38.3 Å². The number of hydrogen-bond acceptors (Lipinski definition) is 3. The number of amides is 1. The Morgan fingerprint density at radius 3 is 3.12 bits per heavy atom. The number of likely N-dealkylation sites (N-methyl/N-ethyl adjacent to an activating group) is 1. The summed E-state index contributed by atoms with van der Waals surface area (Å²) in [4.78, 5) is 11.9. The van der Waals surface area contributed by atoms with Gasteiger partial charge >= 0.3 is 0 Å². The Hall–Kier alpha value is -1.36. The van der Waals surface area contributed by atoms with Gasteiger partial charge in [-0.1, -0.05) is 0 Å². The molecule has 0 aromatic carbocycles. The Morgan fingerprint density at radius 1 is 1.65 bits per heavy atom. The Labute approximate surface area is 102 Å². The lowest BCUT2D eigenvalue weighted by Crippen LogP contribution is -2.42. The fourth-order valence-electron chi connectivity index (χ4n) is 2.28. The molecule has 1 heterocycles. The number of aromatic nitrogens is 2. The molecule has 2 N–H and O–H groups in total. The van der Waals surface area contributed by atoms with Crippen LogP contribution in [0.15, 0.2) is 6.20 Å². The number of carbonyl (C=O) groups is 1. The highest BCUT2D eigenvalue weighted by atomic mass is 16.2. The van der Waals surface area contributed by atoms with Gasteiger partial charge in [-0.05, 0) is 33.2 Å². The lowest BCUT2D eigenvalue weighted by atomic mass is 9.93. The first-order valence-electron chi connectivity index (χ1n) is 6.12. The summed E-state index contributed by atoms with van der Waals surface area (Å²) >= 11 is 0. The van der Waals surface area contributed by atoms with Crippen LogP contribution in [0.3, 0.4) is 0 Å². The van der Waals surface area contributed by atoms with Crippen molar-refractivity contribution >= 4 is 5.91 Å². The van der Waals surface area contributed by atoms with E-state index in [1.807, 2.05) is 24.9 Å². The second-order valence-electron chi connectivity index (χ2n) is 4.63. The number of nitrogens with zero attached hydrogens (tertiary/aromatic N) is 2. The molecule has 1 aromatic rings. The second-order valence-corrected chi connectivity index (χ2v) is 4.63. The molecule has 2 unspecified atom stereocenters. The van der Waals surface area contributed by atoms with Gasteiger partial charge in [0.05, 0.1) is 18.3 Å². The van der Waals surface area contributed by atoms with Crippen LogP contribution in [-0.4, -0.2) is 28.8 Å². The van der Waals surface area contributed by atoms with E-state index in [4.69, 9.17) is 0 Å². The predicted molar refractivity (Wildman–Crippen MR) is 65.6 cm³/mol. The van der Waals surface area contributed by atoms with Gasteiger partial charge in [-0.2, -0.15) is 5.10 Å². The van der Waals surface area contributed by atoms with Crippen LogP contribution < -0.4 is 10.6 Å². The molecule has 0 aliphatic heterocycles. The molecule has 5 heteroatoms. The molecule has 0 bridgehead atoms. The standard InChI is InChI=1S/C12H20N4O/c1-8(13-2)12(17)15-10-5-4-6-11-9(10)7-14-16(11)3/h7-8,10,13H,4-6H2,1-3H3,(H,15,17). The number of hydrogen-bond donors (Lipinski definition) is 2. The molecular weight excluding hydrogens is 216 g/mol. The lowest BCUT2D eigenvalue weighted by molar-refractivity contribution is -0.123. The molecule has 94 valence electrons. The van der Waals surface area contributed by atoms with E-state index in [1.54, 1.807) is 7.05 Å². The summed E-state index contributed by atoms with van der Waals surface area (Å²) in [5.41, 5.74) is 2.43. The minimum Gasteiger partial charge on any atom is -0.348 e. The van der Waals surface area contributed by atoms with Gasteiger partial charge in [0.25, 0.3) is 0 Å². The van der Waals surface area contributed by atoms with E-state index in [-0.39, 0.29) is 18.0 Å². The molecule has 0 saturated heterocycles. The molecule has 0 radical (unpaired) electrons. The molecule has 2 atom stereocenters. The van der Waals surface area contributed by atoms with E-state index in [2.05, 4.69) is 15.7 Å². The van der Waals surface area contributed by atoms with Gasteiger partial charge in [0.1, 0.15) is 0 Å². The summed E-state index contributed by atoms with van der Waals surface area (Å²) in [7, 11) is 3.75. The summed E-state index contributed by atoms with van der Waals surface area (Å²) in [5, 5.41) is 10.3. The van der Waals surface area contributed by atoms with Crippen molar-refractivity contribution in [3.63, 3.8) is 0 Å². The predicted octanol–water partition coefficient (Wildman–Crippen LogP) is 0.522. The maximum atomic E-state index is 11.9. The summed E-state index contributed by atoms with van der Waals surface area (Å²) < 4.78 is 1.91. The van der Waals surface area contributed by atoms with Crippen LogP contribution in [0.25, 0.3) is 0 Å². The van der Waals surface area contributed by atoms with Gasteiger partial charge in [-0.15, -0.1) is 0 Å². The van der Waals surface area contributed by atoms with Gasteiger partial charge < -0.3 is 10.6 Å². The van der Waals surface area contributed by atoms with E-state index in [1.165, 1.54) is 11.3 Å². The van der Waals surface area contributed by atoms with Crippen LogP contribution in [0.2, 0.25) is 0 Å². The average molecular weight is 236 g/mol. The zero-order chi connectivity index (χ0) is 12.4. The third-order valence-electron chi connectivity index (χ3n) is 3.52. The van der Waals surface area contributed by atoms with Gasteiger partial charge in [-0.25, -0.2) is 0 Å². The van der Waals surface area contributed by atoms with Crippen molar-refractivity contribution in [1.82, 2.24) is 20.4 Å². The molecule has 0 fully saturated rings. The van der Waals surface area contributed by atoms with Crippen molar-refractivity contribution in [3.05, 3.63) is 17.5 Å². The van der Waals surface area contributed by atoms with Gasteiger partial charge in [0.2, 0.25) is 5.91 Å². The lowest BCUT2D eigenvalue weighted by Gasteiger charge is -2.25. The van der Waals surface area contributed by atoms with Crippen LogP contribution in [0.1, 0.15) is 37.1 Å². The summed E-state index contributed by atoms with van der Waals surface area (Å²) in [6.45, 7) is 1.86. The van der Waals surface area contributed by atoms with Crippen LogP contribution in [0.4, 0.5) is 0 Å². The summed E-state index contributed by atoms with van der Waals surface area (Å²) in [6, 6.07) is -0.0344. The third kappa shape index (κ3) is 2.34. The second kappa shape index (κ2) is 4.87. The zero-order valence-corrected chi connectivity index (χ0v) is 10.7.